The average molecular weight is 721 g/mol. The summed E-state index contributed by atoms with van der Waals surface area (Å²) in [6.07, 6.45) is -9.89. The summed E-state index contributed by atoms with van der Waals surface area (Å²) in [4.78, 5) is 32.2. The van der Waals surface area contributed by atoms with Gasteiger partial charge < -0.3 is 19.7 Å². The van der Waals surface area contributed by atoms with Crippen molar-refractivity contribution in [2.45, 2.75) is 50.0 Å². The molecule has 2 aromatic carbocycles. The minimum absolute atomic E-state index is 0.0184. The number of alkyl halides is 6. The molecular formula is C28H26F6N6O6S2. The summed E-state index contributed by atoms with van der Waals surface area (Å²) in [5.41, 5.74) is 0.497. The summed E-state index contributed by atoms with van der Waals surface area (Å²) in [5.74, 6) is -1.95. The van der Waals surface area contributed by atoms with Crippen molar-refractivity contribution in [3.05, 3.63) is 76.2 Å². The van der Waals surface area contributed by atoms with Crippen molar-refractivity contribution in [2.24, 2.45) is 0 Å². The summed E-state index contributed by atoms with van der Waals surface area (Å²) >= 11 is 1.06. The second-order valence-electron chi connectivity index (χ2n) is 10.8. The number of nitrogens with one attached hydrogen (secondary N) is 1. The highest BCUT2D eigenvalue weighted by atomic mass is 32.2. The van der Waals surface area contributed by atoms with E-state index in [1.54, 1.807) is 4.90 Å². The van der Waals surface area contributed by atoms with Gasteiger partial charge in [-0.05, 0) is 47.9 Å². The Morgan fingerprint density at radius 2 is 1.56 bits per heavy atom. The zero-order chi connectivity index (χ0) is 35.0. The number of hydrogen-bond donors (Lipinski definition) is 1. The molecule has 20 heteroatoms. The third-order valence-electron chi connectivity index (χ3n) is 7.04. The lowest BCUT2D eigenvalue weighted by molar-refractivity contribution is -0.275. The Morgan fingerprint density at radius 3 is 2.12 bits per heavy atom. The number of carbonyl (C=O) groups is 1. The summed E-state index contributed by atoms with van der Waals surface area (Å²) in [5, 5.41) is 7.20. The maximum absolute atomic E-state index is 13.7. The van der Waals surface area contributed by atoms with E-state index in [1.807, 2.05) is 13.8 Å². The molecule has 5 rings (SSSR count). The van der Waals surface area contributed by atoms with Crippen molar-refractivity contribution in [2.75, 3.05) is 24.5 Å². The van der Waals surface area contributed by atoms with Crippen LogP contribution in [-0.4, -0.2) is 71.6 Å². The molecule has 3 heterocycles. The molecule has 0 bridgehead atoms. The smallest absolute Gasteiger partial charge is 0.406 e. The number of piperazine rings is 1. The van der Waals surface area contributed by atoms with Gasteiger partial charge in [-0.25, -0.2) is 13.4 Å². The van der Waals surface area contributed by atoms with Crippen molar-refractivity contribution in [1.82, 2.24) is 24.2 Å². The summed E-state index contributed by atoms with van der Waals surface area (Å²) in [6.45, 7) is 3.04. The van der Waals surface area contributed by atoms with E-state index >= 15 is 0 Å². The second-order valence-corrected chi connectivity index (χ2v) is 13.6. The van der Waals surface area contributed by atoms with Crippen molar-refractivity contribution in [3.63, 3.8) is 0 Å². The SMILES string of the molecule is CC(C)c1cc(=O)n2nc(N3CCN(S(=O)(=O)c4ccc(OC(F)(F)F)cc4)[C@@H](C(=O)NCc4ccc(OC(F)(F)F)cc4)C3)sc2n1. The first-order valence-electron chi connectivity index (χ1n) is 14.1. The van der Waals surface area contributed by atoms with Gasteiger partial charge in [-0.3, -0.25) is 9.59 Å². The lowest BCUT2D eigenvalue weighted by Gasteiger charge is -2.39. The van der Waals surface area contributed by atoms with Gasteiger partial charge in [0.2, 0.25) is 26.0 Å². The summed E-state index contributed by atoms with van der Waals surface area (Å²) in [7, 11) is -4.47. The normalized spacial score (nSPS) is 16.4. The Bertz CT molecular complexity index is 1950. The molecule has 1 saturated heterocycles. The molecule has 1 fully saturated rings. The number of halogens is 6. The number of benzene rings is 2. The number of rotatable bonds is 9. The van der Waals surface area contributed by atoms with Crippen molar-refractivity contribution in [3.8, 4) is 11.5 Å². The first-order valence-corrected chi connectivity index (χ1v) is 16.3. The van der Waals surface area contributed by atoms with E-state index in [2.05, 4.69) is 24.9 Å². The Kier molecular flexibility index (Phi) is 9.62. The molecule has 1 aliphatic heterocycles. The third-order valence-corrected chi connectivity index (χ3v) is 9.93. The number of anilines is 1. The molecule has 0 spiro atoms. The van der Waals surface area contributed by atoms with Gasteiger partial charge in [-0.2, -0.15) is 8.82 Å². The minimum Gasteiger partial charge on any atom is -0.406 e. The van der Waals surface area contributed by atoms with Gasteiger partial charge in [0, 0.05) is 32.2 Å². The van der Waals surface area contributed by atoms with Crippen LogP contribution in [0.15, 0.2) is 64.3 Å². The molecule has 12 nitrogen and oxygen atoms in total. The first kappa shape index (κ1) is 34.9. The zero-order valence-corrected chi connectivity index (χ0v) is 26.6. The molecule has 48 heavy (non-hydrogen) atoms. The van der Waals surface area contributed by atoms with Crippen LogP contribution in [0, 0.1) is 0 Å². The maximum atomic E-state index is 13.7. The Balaban J connectivity index is 1.41. The molecule has 0 aliphatic carbocycles. The summed E-state index contributed by atoms with van der Waals surface area (Å²) in [6, 6.07) is 8.10. The lowest BCUT2D eigenvalue weighted by Crippen LogP contribution is -2.60. The number of ether oxygens (including phenoxy) is 2. The molecule has 0 unspecified atom stereocenters. The fourth-order valence-corrected chi connectivity index (χ4v) is 7.27. The number of nitrogens with zero attached hydrogens (tertiary/aromatic N) is 5. The van der Waals surface area contributed by atoms with Crippen molar-refractivity contribution in [1.29, 1.82) is 0 Å². The van der Waals surface area contributed by atoms with Crippen LogP contribution < -0.4 is 25.2 Å². The van der Waals surface area contributed by atoms with Gasteiger partial charge in [-0.1, -0.05) is 37.3 Å². The van der Waals surface area contributed by atoms with E-state index in [0.29, 0.717) is 11.3 Å². The summed E-state index contributed by atoms with van der Waals surface area (Å²) < 4.78 is 113. The predicted octanol–water partition coefficient (Wildman–Crippen LogP) is 4.27. The van der Waals surface area contributed by atoms with Gasteiger partial charge in [-0.15, -0.1) is 31.4 Å². The molecule has 2 aromatic heterocycles. The zero-order valence-electron chi connectivity index (χ0n) is 24.9. The first-order chi connectivity index (χ1) is 22.4. The highest BCUT2D eigenvalue weighted by molar-refractivity contribution is 7.89. The fourth-order valence-electron chi connectivity index (χ4n) is 4.75. The number of hydrogen-bond acceptors (Lipinski definition) is 10. The van der Waals surface area contributed by atoms with E-state index in [4.69, 9.17) is 0 Å². The number of sulfonamides is 1. The molecule has 1 atom stereocenters. The standard InChI is InChI=1S/C28H26F6N6O6S2/c1-16(2)21-13-23(41)40-25(36-21)47-26(37-40)38-11-12-39(48(43,44)20-9-7-19(8-10-20)46-28(32,33)34)22(15-38)24(42)35-14-17-3-5-18(6-4-17)45-27(29,30)31/h3-10,13,16,22H,11-12,14-15H2,1-2H3,(H,35,42)/t22-/m1/s1. The Labute approximate surface area is 272 Å². The van der Waals surface area contributed by atoms with E-state index in [9.17, 15) is 44.3 Å². The number of fused-ring (bicyclic) bond motifs is 1. The maximum Gasteiger partial charge on any atom is 0.573 e. The lowest BCUT2D eigenvalue weighted by atomic mass is 10.1. The molecule has 4 aromatic rings. The molecule has 1 aliphatic rings. The Morgan fingerprint density at radius 1 is 0.979 bits per heavy atom. The minimum atomic E-state index is -5.00. The van der Waals surface area contributed by atoms with Crippen LogP contribution in [0.1, 0.15) is 31.0 Å². The number of amides is 1. The fraction of sp³-hybridized carbons (Fsp3) is 0.357. The van der Waals surface area contributed by atoms with Crippen LogP contribution in [0.3, 0.4) is 0 Å². The highest BCUT2D eigenvalue weighted by Gasteiger charge is 2.41. The highest BCUT2D eigenvalue weighted by Crippen LogP contribution is 2.30. The second kappa shape index (κ2) is 13.2. The van der Waals surface area contributed by atoms with Crippen LogP contribution in [0.5, 0.6) is 11.5 Å². The Hall–Kier alpha value is -4.43. The quantitative estimate of drug-likeness (QED) is 0.252. The largest absolute Gasteiger partial charge is 0.573 e. The molecule has 1 N–H and O–H groups in total. The topological polar surface area (TPSA) is 135 Å². The van der Waals surface area contributed by atoms with E-state index in [-0.39, 0.29) is 42.2 Å². The van der Waals surface area contributed by atoms with Crippen LogP contribution >= 0.6 is 11.3 Å². The van der Waals surface area contributed by atoms with Gasteiger partial charge in [0.15, 0.2) is 0 Å². The van der Waals surface area contributed by atoms with Crippen LogP contribution in [0.25, 0.3) is 4.96 Å². The molecule has 0 saturated carbocycles. The average Bonchev–Trinajstić information content (AvgIpc) is 3.44. The van der Waals surface area contributed by atoms with Gasteiger partial charge >= 0.3 is 12.7 Å². The molecular weight excluding hydrogens is 694 g/mol. The third kappa shape index (κ3) is 8.16. The van der Waals surface area contributed by atoms with Crippen LogP contribution in [0.2, 0.25) is 0 Å². The monoisotopic (exact) mass is 720 g/mol. The van der Waals surface area contributed by atoms with Crippen molar-refractivity contribution < 1.29 is 49.0 Å². The molecule has 0 radical (unpaired) electrons. The van der Waals surface area contributed by atoms with E-state index < -0.39 is 56.7 Å². The molecule has 258 valence electrons. The van der Waals surface area contributed by atoms with Gasteiger partial charge in [0.05, 0.1) is 10.6 Å². The van der Waals surface area contributed by atoms with Crippen molar-refractivity contribution >= 4 is 37.4 Å². The van der Waals surface area contributed by atoms with Crippen LogP contribution in [0.4, 0.5) is 31.5 Å². The van der Waals surface area contributed by atoms with Gasteiger partial charge in [0.1, 0.15) is 17.5 Å². The number of carbonyl (C=O) groups excluding carboxylic acids is 1. The van der Waals surface area contributed by atoms with E-state index in [1.165, 1.54) is 18.2 Å². The molecule has 1 amide bonds. The number of aromatic nitrogens is 3. The van der Waals surface area contributed by atoms with E-state index in [0.717, 1.165) is 56.6 Å². The van der Waals surface area contributed by atoms with Gasteiger partial charge in [0.25, 0.3) is 5.56 Å². The van der Waals surface area contributed by atoms with Crippen LogP contribution in [-0.2, 0) is 21.4 Å². The predicted molar refractivity (Wildman–Crippen MR) is 159 cm³/mol.